The molecule has 1 unspecified atom stereocenters. The predicted octanol–water partition coefficient (Wildman–Crippen LogP) is 2.79. The van der Waals surface area contributed by atoms with Gasteiger partial charge < -0.3 is 0 Å². The minimum atomic E-state index is 0.0461. The summed E-state index contributed by atoms with van der Waals surface area (Å²) in [6, 6.07) is 10.2. The van der Waals surface area contributed by atoms with Crippen molar-refractivity contribution in [3.63, 3.8) is 0 Å². The van der Waals surface area contributed by atoms with Crippen molar-refractivity contribution >= 4 is 11.6 Å². The average Bonchev–Trinajstić information content (AvgIpc) is 2.38. The Morgan fingerprint density at radius 3 is 2.89 bits per heavy atom. The van der Waals surface area contributed by atoms with Crippen LogP contribution in [0, 0.1) is 6.92 Å². The maximum atomic E-state index is 6.11. The van der Waals surface area contributed by atoms with Crippen LogP contribution in [0.1, 0.15) is 22.7 Å². The van der Waals surface area contributed by atoms with Gasteiger partial charge in [0.15, 0.2) is 0 Å². The van der Waals surface area contributed by atoms with E-state index in [1.807, 2.05) is 12.1 Å². The van der Waals surface area contributed by atoms with Gasteiger partial charge in [-0.25, -0.2) is 0 Å². The minimum Gasteiger partial charge on any atom is -0.271 e. The van der Waals surface area contributed by atoms with Crippen molar-refractivity contribution in [1.29, 1.82) is 0 Å². The summed E-state index contributed by atoms with van der Waals surface area (Å²) >= 11 is 6.11. The summed E-state index contributed by atoms with van der Waals surface area (Å²) in [5.41, 5.74) is 6.25. The van der Waals surface area contributed by atoms with Gasteiger partial charge in [0.05, 0.1) is 11.1 Å². The second-order valence-electron chi connectivity index (χ2n) is 4.30. The van der Waals surface area contributed by atoms with Crippen LogP contribution in [-0.4, -0.2) is 4.98 Å². The van der Waals surface area contributed by atoms with E-state index in [1.54, 1.807) is 12.4 Å². The Kier molecular flexibility index (Phi) is 4.31. The summed E-state index contributed by atoms with van der Waals surface area (Å²) < 4.78 is 0. The van der Waals surface area contributed by atoms with Crippen LogP contribution >= 0.6 is 11.6 Å². The molecule has 0 saturated carbocycles. The van der Waals surface area contributed by atoms with Gasteiger partial charge in [0, 0.05) is 12.4 Å². The lowest BCUT2D eigenvalue weighted by atomic mass is 9.99. The fourth-order valence-corrected chi connectivity index (χ4v) is 2.15. The van der Waals surface area contributed by atoms with Gasteiger partial charge in [-0.3, -0.25) is 16.3 Å². The van der Waals surface area contributed by atoms with Gasteiger partial charge in [0.1, 0.15) is 0 Å². The molecule has 0 saturated heterocycles. The van der Waals surface area contributed by atoms with Gasteiger partial charge in [-0.1, -0.05) is 41.4 Å². The second-order valence-corrected chi connectivity index (χ2v) is 4.71. The van der Waals surface area contributed by atoms with Gasteiger partial charge in [-0.05, 0) is 30.5 Å². The summed E-state index contributed by atoms with van der Waals surface area (Å²) in [5, 5.41) is 0.672. The summed E-state index contributed by atoms with van der Waals surface area (Å²) in [5.74, 6) is 5.64. The van der Waals surface area contributed by atoms with E-state index in [1.165, 1.54) is 5.56 Å². The monoisotopic (exact) mass is 261 g/mol. The molecule has 3 nitrogen and oxygen atoms in total. The molecule has 1 aromatic carbocycles. The Morgan fingerprint density at radius 1 is 1.39 bits per heavy atom. The lowest BCUT2D eigenvalue weighted by Crippen LogP contribution is -2.29. The van der Waals surface area contributed by atoms with E-state index >= 15 is 0 Å². The Morgan fingerprint density at radius 2 is 2.22 bits per heavy atom. The number of aryl methyl sites for hydroxylation is 1. The van der Waals surface area contributed by atoms with Gasteiger partial charge >= 0.3 is 0 Å². The van der Waals surface area contributed by atoms with Crippen LogP contribution in [-0.2, 0) is 6.42 Å². The van der Waals surface area contributed by atoms with Crippen LogP contribution in [0.3, 0.4) is 0 Å². The molecule has 3 N–H and O–H groups in total. The first-order valence-corrected chi connectivity index (χ1v) is 6.19. The molecule has 1 atom stereocenters. The van der Waals surface area contributed by atoms with Crippen LogP contribution < -0.4 is 11.3 Å². The van der Waals surface area contributed by atoms with Gasteiger partial charge in [0.2, 0.25) is 0 Å². The Bertz CT molecular complexity index is 528. The maximum absolute atomic E-state index is 6.11. The molecule has 0 aliphatic rings. The number of pyridine rings is 1. The number of nitrogens with two attached hydrogens (primary N) is 1. The molecular formula is C14H16ClN3. The van der Waals surface area contributed by atoms with E-state index < -0.39 is 0 Å². The first-order valence-electron chi connectivity index (χ1n) is 5.82. The van der Waals surface area contributed by atoms with Crippen LogP contribution in [0.2, 0.25) is 5.02 Å². The second kappa shape index (κ2) is 5.96. The normalized spacial score (nSPS) is 12.4. The zero-order valence-corrected chi connectivity index (χ0v) is 11.0. The molecule has 0 fully saturated rings. The summed E-state index contributed by atoms with van der Waals surface area (Å²) in [7, 11) is 0. The molecule has 0 bridgehead atoms. The summed E-state index contributed by atoms with van der Waals surface area (Å²) in [4.78, 5) is 3.98. The number of aromatic nitrogens is 1. The molecule has 2 aromatic rings. The molecule has 4 heteroatoms. The lowest BCUT2D eigenvalue weighted by Gasteiger charge is -2.17. The van der Waals surface area contributed by atoms with E-state index in [9.17, 15) is 0 Å². The molecule has 0 amide bonds. The van der Waals surface area contributed by atoms with E-state index in [4.69, 9.17) is 17.4 Å². The molecule has 0 aliphatic heterocycles. The molecular weight excluding hydrogens is 246 g/mol. The molecule has 0 radical (unpaired) electrons. The Hall–Kier alpha value is -1.42. The zero-order valence-electron chi connectivity index (χ0n) is 10.2. The third kappa shape index (κ3) is 3.07. The number of hydrazine groups is 1. The first kappa shape index (κ1) is 13.0. The minimum absolute atomic E-state index is 0.0461. The standard InChI is InChI=1S/C14H16ClN3/c1-10-3-2-4-12(7-10)14(18-16)8-11-5-6-17-9-13(11)15/h2-7,9,14,18H,8,16H2,1H3. The van der Waals surface area contributed by atoms with Gasteiger partial charge in [-0.15, -0.1) is 0 Å². The maximum Gasteiger partial charge on any atom is 0.0622 e. The van der Waals surface area contributed by atoms with Crippen molar-refractivity contribution < 1.29 is 0 Å². The third-order valence-electron chi connectivity index (χ3n) is 2.93. The molecule has 2 rings (SSSR count). The van der Waals surface area contributed by atoms with Crippen molar-refractivity contribution in [2.75, 3.05) is 0 Å². The SMILES string of the molecule is Cc1cccc(C(Cc2ccncc2Cl)NN)c1. The fraction of sp³-hybridized carbons (Fsp3) is 0.214. The van der Waals surface area contributed by atoms with Crippen LogP contribution in [0.15, 0.2) is 42.7 Å². The number of hydrogen-bond donors (Lipinski definition) is 2. The van der Waals surface area contributed by atoms with E-state index in [2.05, 4.69) is 35.5 Å². The van der Waals surface area contributed by atoms with Crippen molar-refractivity contribution in [2.24, 2.45) is 5.84 Å². The zero-order chi connectivity index (χ0) is 13.0. The Labute approximate surface area is 112 Å². The lowest BCUT2D eigenvalue weighted by molar-refractivity contribution is 0.551. The molecule has 1 aromatic heterocycles. The predicted molar refractivity (Wildman–Crippen MR) is 74.2 cm³/mol. The van der Waals surface area contributed by atoms with Crippen molar-refractivity contribution in [2.45, 2.75) is 19.4 Å². The summed E-state index contributed by atoms with van der Waals surface area (Å²) in [6.45, 7) is 2.07. The quantitative estimate of drug-likeness (QED) is 0.657. The largest absolute Gasteiger partial charge is 0.271 e. The molecule has 0 spiro atoms. The Balaban J connectivity index is 2.23. The molecule has 94 valence electrons. The number of benzene rings is 1. The molecule has 0 aliphatic carbocycles. The van der Waals surface area contributed by atoms with Gasteiger partial charge in [0.25, 0.3) is 0 Å². The van der Waals surface area contributed by atoms with Crippen molar-refractivity contribution in [3.8, 4) is 0 Å². The number of halogens is 1. The molecule has 1 heterocycles. The van der Waals surface area contributed by atoms with Crippen LogP contribution in [0.4, 0.5) is 0 Å². The van der Waals surface area contributed by atoms with Crippen LogP contribution in [0.25, 0.3) is 0 Å². The van der Waals surface area contributed by atoms with E-state index in [-0.39, 0.29) is 6.04 Å². The number of rotatable bonds is 4. The van der Waals surface area contributed by atoms with E-state index in [0.29, 0.717) is 5.02 Å². The highest BCUT2D eigenvalue weighted by atomic mass is 35.5. The highest BCUT2D eigenvalue weighted by Gasteiger charge is 2.12. The van der Waals surface area contributed by atoms with Crippen molar-refractivity contribution in [3.05, 3.63) is 64.4 Å². The highest BCUT2D eigenvalue weighted by molar-refractivity contribution is 6.31. The van der Waals surface area contributed by atoms with E-state index in [0.717, 1.165) is 17.5 Å². The first-order chi connectivity index (χ1) is 8.70. The highest BCUT2D eigenvalue weighted by Crippen LogP contribution is 2.22. The molecule has 18 heavy (non-hydrogen) atoms. The third-order valence-corrected chi connectivity index (χ3v) is 3.27. The number of hydrogen-bond acceptors (Lipinski definition) is 3. The fourth-order valence-electron chi connectivity index (χ4n) is 1.95. The van der Waals surface area contributed by atoms with Gasteiger partial charge in [-0.2, -0.15) is 0 Å². The van der Waals surface area contributed by atoms with Crippen LogP contribution in [0.5, 0.6) is 0 Å². The average molecular weight is 262 g/mol. The smallest absolute Gasteiger partial charge is 0.0622 e. The number of nitrogens with one attached hydrogen (secondary N) is 1. The summed E-state index contributed by atoms with van der Waals surface area (Å²) in [6.07, 6.45) is 4.13. The topological polar surface area (TPSA) is 50.9 Å². The van der Waals surface area contributed by atoms with Crippen molar-refractivity contribution in [1.82, 2.24) is 10.4 Å². The number of nitrogens with zero attached hydrogens (tertiary/aromatic N) is 1.